The first kappa shape index (κ1) is 17.4. The third kappa shape index (κ3) is 3.81. The van der Waals surface area contributed by atoms with E-state index in [1.165, 1.54) is 18.4 Å². The van der Waals surface area contributed by atoms with Crippen LogP contribution in [0.15, 0.2) is 41.0 Å². The van der Waals surface area contributed by atoms with Crippen molar-refractivity contribution in [3.05, 3.63) is 47.9 Å². The Morgan fingerprint density at radius 2 is 2.08 bits per heavy atom. The number of furan rings is 1. The Morgan fingerprint density at radius 1 is 1.28 bits per heavy atom. The summed E-state index contributed by atoms with van der Waals surface area (Å²) in [7, 11) is 0. The first-order valence-corrected chi connectivity index (χ1v) is 8.19. The number of hydrogen-bond acceptors (Lipinski definition) is 3. The second kappa shape index (κ2) is 6.82. The Labute approximate surface area is 143 Å². The Morgan fingerprint density at radius 3 is 2.72 bits per heavy atom. The summed E-state index contributed by atoms with van der Waals surface area (Å²) in [6.07, 6.45) is -0.110. The van der Waals surface area contributed by atoms with Crippen LogP contribution in [0.3, 0.4) is 0 Å². The molecule has 0 spiro atoms. The zero-order chi connectivity index (χ0) is 18.0. The molecule has 134 valence electrons. The fourth-order valence-electron chi connectivity index (χ4n) is 3.11. The van der Waals surface area contributed by atoms with Gasteiger partial charge in [0.2, 0.25) is 0 Å². The first-order chi connectivity index (χ1) is 11.9. The molecule has 1 amide bonds. The average Bonchev–Trinajstić information content (AvgIpc) is 3.09. The highest BCUT2D eigenvalue weighted by Crippen LogP contribution is 2.37. The molecule has 2 aromatic rings. The number of nitrogens with one attached hydrogen (secondary N) is 1. The van der Waals surface area contributed by atoms with Crippen molar-refractivity contribution in [1.82, 2.24) is 0 Å². The van der Waals surface area contributed by atoms with Crippen molar-refractivity contribution in [3.8, 4) is 0 Å². The normalized spacial score (nSPS) is 18.2. The molecule has 1 saturated heterocycles. The minimum atomic E-state index is -4.48. The molecule has 25 heavy (non-hydrogen) atoms. The van der Waals surface area contributed by atoms with E-state index in [9.17, 15) is 18.0 Å². The highest BCUT2D eigenvalue weighted by Gasteiger charge is 2.32. The molecular weight excluding hydrogens is 333 g/mol. The summed E-state index contributed by atoms with van der Waals surface area (Å²) < 4.78 is 44.3. The van der Waals surface area contributed by atoms with Crippen molar-refractivity contribution in [1.29, 1.82) is 0 Å². The summed E-state index contributed by atoms with van der Waals surface area (Å²) in [4.78, 5) is 14.3. The zero-order valence-corrected chi connectivity index (χ0v) is 13.8. The predicted octanol–water partition coefficient (Wildman–Crippen LogP) is 4.93. The highest BCUT2D eigenvalue weighted by atomic mass is 19.4. The maximum atomic E-state index is 13.1. The zero-order valence-electron chi connectivity index (χ0n) is 13.8. The third-order valence-corrected chi connectivity index (χ3v) is 4.43. The smallest absolute Gasteiger partial charge is 0.416 e. The lowest BCUT2D eigenvalue weighted by atomic mass is 10.0. The van der Waals surface area contributed by atoms with E-state index in [1.54, 1.807) is 6.07 Å². The van der Waals surface area contributed by atoms with E-state index in [-0.39, 0.29) is 17.5 Å². The topological polar surface area (TPSA) is 45.5 Å². The van der Waals surface area contributed by atoms with Gasteiger partial charge < -0.3 is 14.6 Å². The number of rotatable bonds is 3. The molecule has 1 atom stereocenters. The van der Waals surface area contributed by atoms with Crippen molar-refractivity contribution < 1.29 is 22.4 Å². The van der Waals surface area contributed by atoms with E-state index in [2.05, 4.69) is 5.32 Å². The molecule has 1 aromatic heterocycles. The summed E-state index contributed by atoms with van der Waals surface area (Å²) in [5.74, 6) is -0.523. The summed E-state index contributed by atoms with van der Waals surface area (Å²) in [6.45, 7) is 2.78. The largest absolute Gasteiger partial charge is 0.459 e. The minimum Gasteiger partial charge on any atom is -0.459 e. The summed E-state index contributed by atoms with van der Waals surface area (Å²) >= 11 is 0. The number of carbonyl (C=O) groups excluding carboxylic acids is 1. The highest BCUT2D eigenvalue weighted by molar-refractivity contribution is 6.04. The van der Waals surface area contributed by atoms with Crippen LogP contribution in [0.5, 0.6) is 0 Å². The van der Waals surface area contributed by atoms with Gasteiger partial charge in [0.1, 0.15) is 0 Å². The summed E-state index contributed by atoms with van der Waals surface area (Å²) in [5.41, 5.74) is -0.0549. The lowest BCUT2D eigenvalue weighted by molar-refractivity contribution is -0.137. The maximum absolute atomic E-state index is 13.1. The molecule has 2 heterocycles. The van der Waals surface area contributed by atoms with Crippen LogP contribution in [0.2, 0.25) is 0 Å². The van der Waals surface area contributed by atoms with Gasteiger partial charge in [0.25, 0.3) is 5.91 Å². The van der Waals surface area contributed by atoms with Gasteiger partial charge >= 0.3 is 6.18 Å². The molecule has 1 aromatic carbocycles. The van der Waals surface area contributed by atoms with Gasteiger partial charge in [-0.3, -0.25) is 4.79 Å². The number of nitrogens with zero attached hydrogens (tertiary/aromatic N) is 1. The lowest BCUT2D eigenvalue weighted by Crippen LogP contribution is -2.38. The van der Waals surface area contributed by atoms with Gasteiger partial charge in [0.05, 0.1) is 23.2 Å². The first-order valence-electron chi connectivity index (χ1n) is 8.19. The van der Waals surface area contributed by atoms with Gasteiger partial charge in [0, 0.05) is 12.6 Å². The monoisotopic (exact) mass is 352 g/mol. The van der Waals surface area contributed by atoms with E-state index in [0.29, 0.717) is 5.69 Å². The molecule has 1 fully saturated rings. The van der Waals surface area contributed by atoms with Crippen molar-refractivity contribution in [2.24, 2.45) is 0 Å². The lowest BCUT2D eigenvalue weighted by Gasteiger charge is -2.36. The molecular formula is C18H19F3N2O2. The standard InChI is InChI=1S/C18H19F3N2O2/c1-12-5-2-3-9-23(12)15-8-7-13(18(19,20)21)11-14(15)22-17(24)16-6-4-10-25-16/h4,6-8,10-12H,2-3,5,9H2,1H3,(H,22,24). The van der Waals surface area contributed by atoms with E-state index in [0.717, 1.165) is 37.9 Å². The number of hydrogen-bond donors (Lipinski definition) is 1. The van der Waals surface area contributed by atoms with Gasteiger partial charge in [0.15, 0.2) is 5.76 Å². The maximum Gasteiger partial charge on any atom is 0.416 e. The van der Waals surface area contributed by atoms with Crippen LogP contribution >= 0.6 is 0 Å². The van der Waals surface area contributed by atoms with Gasteiger partial charge in [-0.2, -0.15) is 13.2 Å². The predicted molar refractivity (Wildman–Crippen MR) is 88.8 cm³/mol. The molecule has 1 aliphatic rings. The second-order valence-corrected chi connectivity index (χ2v) is 6.20. The fraction of sp³-hybridized carbons (Fsp3) is 0.389. The Balaban J connectivity index is 1.97. The molecule has 1 unspecified atom stereocenters. The number of anilines is 2. The number of amides is 1. The fourth-order valence-corrected chi connectivity index (χ4v) is 3.11. The number of carbonyl (C=O) groups is 1. The average molecular weight is 352 g/mol. The van der Waals surface area contributed by atoms with Gasteiger partial charge in [-0.05, 0) is 56.5 Å². The Kier molecular flexibility index (Phi) is 4.74. The quantitative estimate of drug-likeness (QED) is 0.852. The van der Waals surface area contributed by atoms with Crippen LogP contribution in [-0.2, 0) is 6.18 Å². The summed E-state index contributed by atoms with van der Waals surface area (Å²) in [5, 5.41) is 2.57. The van der Waals surface area contributed by atoms with Crippen LogP contribution in [-0.4, -0.2) is 18.5 Å². The molecule has 0 aliphatic carbocycles. The molecule has 0 saturated carbocycles. The van der Waals surface area contributed by atoms with E-state index < -0.39 is 17.6 Å². The van der Waals surface area contributed by atoms with Crippen molar-refractivity contribution in [2.45, 2.75) is 38.4 Å². The van der Waals surface area contributed by atoms with Gasteiger partial charge in [-0.25, -0.2) is 0 Å². The Hall–Kier alpha value is -2.44. The van der Waals surface area contributed by atoms with Crippen molar-refractivity contribution in [3.63, 3.8) is 0 Å². The molecule has 1 aliphatic heterocycles. The molecule has 1 N–H and O–H groups in total. The van der Waals surface area contributed by atoms with Crippen LogP contribution in [0, 0.1) is 0 Å². The number of alkyl halides is 3. The SMILES string of the molecule is CC1CCCCN1c1ccc(C(F)(F)F)cc1NC(=O)c1ccco1. The molecule has 0 bridgehead atoms. The van der Waals surface area contributed by atoms with Crippen LogP contribution < -0.4 is 10.2 Å². The van der Waals surface area contributed by atoms with Gasteiger partial charge in [-0.1, -0.05) is 0 Å². The van der Waals surface area contributed by atoms with Crippen LogP contribution in [0.1, 0.15) is 42.3 Å². The van der Waals surface area contributed by atoms with Crippen LogP contribution in [0.4, 0.5) is 24.5 Å². The molecule has 0 radical (unpaired) electrons. The van der Waals surface area contributed by atoms with E-state index >= 15 is 0 Å². The van der Waals surface area contributed by atoms with Gasteiger partial charge in [-0.15, -0.1) is 0 Å². The van der Waals surface area contributed by atoms with Crippen LogP contribution in [0.25, 0.3) is 0 Å². The third-order valence-electron chi connectivity index (χ3n) is 4.43. The molecule has 4 nitrogen and oxygen atoms in total. The number of benzene rings is 1. The van der Waals surface area contributed by atoms with E-state index in [1.807, 2.05) is 11.8 Å². The molecule has 3 rings (SSSR count). The number of halogens is 3. The van der Waals surface area contributed by atoms with E-state index in [4.69, 9.17) is 4.42 Å². The Bertz CT molecular complexity index is 741. The van der Waals surface area contributed by atoms with Crippen molar-refractivity contribution >= 4 is 17.3 Å². The second-order valence-electron chi connectivity index (χ2n) is 6.20. The van der Waals surface area contributed by atoms with Crippen molar-refractivity contribution in [2.75, 3.05) is 16.8 Å². The summed E-state index contributed by atoms with van der Waals surface area (Å²) in [6, 6.07) is 6.68. The molecule has 7 heteroatoms. The number of piperidine rings is 1. The minimum absolute atomic E-state index is 0.0510.